The van der Waals surface area contributed by atoms with Crippen LogP contribution < -0.4 is 16.0 Å². The molecular formula is C18H16ClN5O2S. The molecule has 0 aliphatic rings. The third-order valence-electron chi connectivity index (χ3n) is 3.46. The predicted molar refractivity (Wildman–Crippen MR) is 106 cm³/mol. The van der Waals surface area contributed by atoms with Crippen molar-refractivity contribution in [3.63, 3.8) is 0 Å². The van der Waals surface area contributed by atoms with Crippen molar-refractivity contribution in [3.05, 3.63) is 70.5 Å². The molecule has 0 radical (unpaired) electrons. The summed E-state index contributed by atoms with van der Waals surface area (Å²) in [4.78, 5) is 32.2. The van der Waals surface area contributed by atoms with Crippen LogP contribution in [0.5, 0.6) is 0 Å². The van der Waals surface area contributed by atoms with Crippen molar-refractivity contribution < 1.29 is 9.59 Å². The predicted octanol–water partition coefficient (Wildman–Crippen LogP) is 3.69. The molecule has 0 spiro atoms. The number of nitrogens with one attached hydrogen (secondary N) is 3. The molecule has 3 aromatic rings. The number of aromatic nitrogens is 2. The molecule has 3 N–H and O–H groups in total. The maximum Gasteiger partial charge on any atom is 0.325 e. The number of carbonyl (C=O) groups is 2. The van der Waals surface area contributed by atoms with Gasteiger partial charge in [0.25, 0.3) is 0 Å². The lowest BCUT2D eigenvalue weighted by atomic mass is 10.2. The summed E-state index contributed by atoms with van der Waals surface area (Å²) >= 11 is 7.06. The van der Waals surface area contributed by atoms with Crippen molar-refractivity contribution in [2.24, 2.45) is 0 Å². The number of pyridine rings is 1. The van der Waals surface area contributed by atoms with Crippen LogP contribution in [0.15, 0.2) is 54.2 Å². The number of hydrogen-bond acceptors (Lipinski definition) is 5. The maximum absolute atomic E-state index is 12.0. The van der Waals surface area contributed by atoms with Gasteiger partial charge in [-0.3, -0.25) is 15.1 Å². The van der Waals surface area contributed by atoms with Crippen LogP contribution in [0.25, 0.3) is 0 Å². The van der Waals surface area contributed by atoms with Crippen LogP contribution in [0.3, 0.4) is 0 Å². The normalized spacial score (nSPS) is 10.3. The van der Waals surface area contributed by atoms with Crippen LogP contribution in [0.1, 0.15) is 11.3 Å². The van der Waals surface area contributed by atoms with Gasteiger partial charge in [-0.1, -0.05) is 11.6 Å². The molecule has 0 aliphatic heterocycles. The third kappa shape index (κ3) is 6.05. The fourth-order valence-corrected chi connectivity index (χ4v) is 3.00. The Morgan fingerprint density at radius 1 is 1.04 bits per heavy atom. The molecule has 2 heterocycles. The molecule has 3 rings (SSSR count). The Balaban J connectivity index is 1.46. The third-order valence-corrected chi connectivity index (χ3v) is 4.51. The van der Waals surface area contributed by atoms with Gasteiger partial charge in [0.15, 0.2) is 5.13 Å². The highest BCUT2D eigenvalue weighted by atomic mass is 35.5. The van der Waals surface area contributed by atoms with Gasteiger partial charge in [0.05, 0.1) is 12.1 Å². The second-order valence-corrected chi connectivity index (χ2v) is 6.83. The number of benzene rings is 1. The van der Waals surface area contributed by atoms with Gasteiger partial charge in [-0.05, 0) is 42.0 Å². The largest absolute Gasteiger partial charge is 0.352 e. The maximum atomic E-state index is 12.0. The number of hydrogen-bond donors (Lipinski definition) is 3. The highest BCUT2D eigenvalue weighted by Crippen LogP contribution is 2.17. The smallest absolute Gasteiger partial charge is 0.325 e. The zero-order valence-electron chi connectivity index (χ0n) is 14.1. The summed E-state index contributed by atoms with van der Waals surface area (Å²) < 4.78 is 0. The quantitative estimate of drug-likeness (QED) is 0.586. The Bertz CT molecular complexity index is 915. The first-order chi connectivity index (χ1) is 13.1. The van der Waals surface area contributed by atoms with Gasteiger partial charge in [0, 0.05) is 35.0 Å². The van der Waals surface area contributed by atoms with E-state index in [0.29, 0.717) is 28.1 Å². The summed E-state index contributed by atoms with van der Waals surface area (Å²) in [5, 5.41) is 10.9. The Morgan fingerprint density at radius 3 is 2.52 bits per heavy atom. The molecule has 0 aliphatic carbocycles. The molecule has 1 aromatic carbocycles. The summed E-state index contributed by atoms with van der Waals surface area (Å²) in [5.41, 5.74) is 2.18. The number of anilines is 2. The number of amides is 3. The SMILES string of the molecule is O=C(Cc1csc(NC(=O)Nc2ccc(Cl)cc2)n1)NCc1ccncc1. The lowest BCUT2D eigenvalue weighted by molar-refractivity contribution is -0.120. The van der Waals surface area contributed by atoms with Crippen molar-refractivity contribution >= 4 is 45.7 Å². The summed E-state index contributed by atoms with van der Waals surface area (Å²) in [7, 11) is 0. The fourth-order valence-electron chi connectivity index (χ4n) is 2.17. The molecule has 0 bridgehead atoms. The van der Waals surface area contributed by atoms with Crippen LogP contribution in [0, 0.1) is 0 Å². The molecule has 0 atom stereocenters. The van der Waals surface area contributed by atoms with E-state index in [-0.39, 0.29) is 12.3 Å². The number of rotatable bonds is 6. The highest BCUT2D eigenvalue weighted by molar-refractivity contribution is 7.14. The average molecular weight is 402 g/mol. The lowest BCUT2D eigenvalue weighted by Crippen LogP contribution is -2.24. The first-order valence-corrected chi connectivity index (χ1v) is 9.28. The van der Waals surface area contributed by atoms with E-state index in [4.69, 9.17) is 11.6 Å². The van der Waals surface area contributed by atoms with E-state index in [0.717, 1.165) is 5.56 Å². The summed E-state index contributed by atoms with van der Waals surface area (Å²) in [6.45, 7) is 0.431. The first-order valence-electron chi connectivity index (χ1n) is 8.02. The average Bonchev–Trinajstić information content (AvgIpc) is 3.09. The van der Waals surface area contributed by atoms with Gasteiger partial charge >= 0.3 is 6.03 Å². The molecule has 138 valence electrons. The topological polar surface area (TPSA) is 96.0 Å². The van der Waals surface area contributed by atoms with Gasteiger partial charge < -0.3 is 10.6 Å². The molecular weight excluding hydrogens is 386 g/mol. The van der Waals surface area contributed by atoms with Gasteiger partial charge in [-0.2, -0.15) is 0 Å². The summed E-state index contributed by atoms with van der Waals surface area (Å²) in [6.07, 6.45) is 3.49. The van der Waals surface area contributed by atoms with Gasteiger partial charge in [0.1, 0.15) is 0 Å². The van der Waals surface area contributed by atoms with E-state index in [1.807, 2.05) is 12.1 Å². The highest BCUT2D eigenvalue weighted by Gasteiger charge is 2.10. The second kappa shape index (κ2) is 9.11. The molecule has 9 heteroatoms. The van der Waals surface area contributed by atoms with Gasteiger partial charge in [-0.25, -0.2) is 9.78 Å². The molecule has 0 saturated carbocycles. The van der Waals surface area contributed by atoms with Crippen molar-refractivity contribution in [1.82, 2.24) is 15.3 Å². The van der Waals surface area contributed by atoms with Gasteiger partial charge in [-0.15, -0.1) is 11.3 Å². The van der Waals surface area contributed by atoms with E-state index < -0.39 is 6.03 Å². The molecule has 0 saturated heterocycles. The monoisotopic (exact) mass is 401 g/mol. The van der Waals surface area contributed by atoms with Crippen molar-refractivity contribution in [2.75, 3.05) is 10.6 Å². The van der Waals surface area contributed by atoms with Crippen LogP contribution in [-0.4, -0.2) is 21.9 Å². The Morgan fingerprint density at radius 2 is 1.78 bits per heavy atom. The zero-order chi connectivity index (χ0) is 19.1. The number of urea groups is 1. The van der Waals surface area contributed by atoms with Crippen LogP contribution in [0.4, 0.5) is 15.6 Å². The number of carbonyl (C=O) groups excluding carboxylic acids is 2. The number of thiazole rings is 1. The fraction of sp³-hybridized carbons (Fsp3) is 0.111. The van der Waals surface area contributed by atoms with Crippen molar-refractivity contribution in [3.8, 4) is 0 Å². The van der Waals surface area contributed by atoms with E-state index in [2.05, 4.69) is 25.9 Å². The Hall–Kier alpha value is -2.97. The standard InChI is InChI=1S/C18H16ClN5O2S/c19-13-1-3-14(4-2-13)22-17(26)24-18-23-15(11-27-18)9-16(25)21-10-12-5-7-20-8-6-12/h1-8,11H,9-10H2,(H,21,25)(H2,22,23,24,26). The van der Waals surface area contributed by atoms with E-state index in [1.54, 1.807) is 42.0 Å². The molecule has 7 nitrogen and oxygen atoms in total. The van der Waals surface area contributed by atoms with Crippen LogP contribution >= 0.6 is 22.9 Å². The minimum atomic E-state index is -0.416. The van der Waals surface area contributed by atoms with E-state index in [9.17, 15) is 9.59 Å². The zero-order valence-corrected chi connectivity index (χ0v) is 15.7. The minimum absolute atomic E-state index is 0.141. The first kappa shape index (κ1) is 18.8. The molecule has 2 aromatic heterocycles. The Kier molecular flexibility index (Phi) is 6.35. The molecule has 27 heavy (non-hydrogen) atoms. The van der Waals surface area contributed by atoms with Crippen LogP contribution in [-0.2, 0) is 17.8 Å². The van der Waals surface area contributed by atoms with Crippen molar-refractivity contribution in [2.45, 2.75) is 13.0 Å². The molecule has 0 unspecified atom stereocenters. The summed E-state index contributed by atoms with van der Waals surface area (Å²) in [6, 6.07) is 10.0. The Labute approximate surface area is 164 Å². The molecule has 3 amide bonds. The summed E-state index contributed by atoms with van der Waals surface area (Å²) in [5.74, 6) is -0.144. The van der Waals surface area contributed by atoms with Crippen molar-refractivity contribution in [1.29, 1.82) is 0 Å². The lowest BCUT2D eigenvalue weighted by Gasteiger charge is -2.05. The number of halogens is 1. The van der Waals surface area contributed by atoms with E-state index in [1.165, 1.54) is 11.3 Å². The van der Waals surface area contributed by atoms with Gasteiger partial charge in [0.2, 0.25) is 5.91 Å². The molecule has 0 fully saturated rings. The minimum Gasteiger partial charge on any atom is -0.352 e. The van der Waals surface area contributed by atoms with Crippen LogP contribution in [0.2, 0.25) is 5.02 Å². The second-order valence-electron chi connectivity index (χ2n) is 5.54. The number of nitrogens with zero attached hydrogens (tertiary/aromatic N) is 2. The van der Waals surface area contributed by atoms with E-state index >= 15 is 0 Å².